The Labute approximate surface area is 495 Å². The molecule has 5 nitrogen and oxygen atoms in total. The SMILES string of the molecule is CCCCCCCCCCCCCCCCCCCCCCCCCCCCCNC(=O)c1ccc(C(=O)NCCCCCCCCCCCCCCCCCCCCCCCCCCCCC)c(OCCCCCCCC)c1. The summed E-state index contributed by atoms with van der Waals surface area (Å²) in [4.78, 5) is 26.7. The fraction of sp³-hybridized carbons (Fsp3) is 0.892. The van der Waals surface area contributed by atoms with Gasteiger partial charge in [0.25, 0.3) is 11.8 Å². The van der Waals surface area contributed by atoms with Crippen molar-refractivity contribution in [3.8, 4) is 5.75 Å². The van der Waals surface area contributed by atoms with E-state index in [9.17, 15) is 9.59 Å². The summed E-state index contributed by atoms with van der Waals surface area (Å²) in [6.45, 7) is 8.79. The van der Waals surface area contributed by atoms with Gasteiger partial charge in [0, 0.05) is 18.7 Å². The van der Waals surface area contributed by atoms with Crippen LogP contribution in [0.2, 0.25) is 0 Å². The molecule has 0 bridgehead atoms. The van der Waals surface area contributed by atoms with Crippen LogP contribution in [-0.2, 0) is 0 Å². The minimum atomic E-state index is -0.0968. The summed E-state index contributed by atoms with van der Waals surface area (Å²) < 4.78 is 6.24. The molecule has 0 spiro atoms. The summed E-state index contributed by atoms with van der Waals surface area (Å²) in [5.41, 5.74) is 1.11. The summed E-state index contributed by atoms with van der Waals surface area (Å²) in [6.07, 6.45) is 82.5. The molecule has 0 aromatic heterocycles. The van der Waals surface area contributed by atoms with E-state index in [0.29, 0.717) is 36.6 Å². The summed E-state index contributed by atoms with van der Waals surface area (Å²) in [7, 11) is 0. The van der Waals surface area contributed by atoms with Gasteiger partial charge in [-0.2, -0.15) is 0 Å². The number of nitrogens with one attached hydrogen (secondary N) is 2. The van der Waals surface area contributed by atoms with Crippen molar-refractivity contribution in [1.82, 2.24) is 10.6 Å². The zero-order valence-electron chi connectivity index (χ0n) is 54.0. The van der Waals surface area contributed by atoms with Crippen molar-refractivity contribution in [2.24, 2.45) is 0 Å². The zero-order valence-corrected chi connectivity index (χ0v) is 54.0. The number of carbonyl (C=O) groups excluding carboxylic acids is 2. The molecular weight excluding hydrogens is 965 g/mol. The summed E-state index contributed by atoms with van der Waals surface area (Å²) >= 11 is 0. The highest BCUT2D eigenvalue weighted by atomic mass is 16.5. The van der Waals surface area contributed by atoms with E-state index in [4.69, 9.17) is 4.74 Å². The van der Waals surface area contributed by atoms with Crippen LogP contribution in [0.1, 0.15) is 427 Å². The van der Waals surface area contributed by atoms with Gasteiger partial charge >= 0.3 is 0 Å². The Bertz CT molecular complexity index is 1380. The lowest BCUT2D eigenvalue weighted by Crippen LogP contribution is -2.26. The summed E-state index contributed by atoms with van der Waals surface area (Å²) in [5.74, 6) is 0.363. The van der Waals surface area contributed by atoms with E-state index >= 15 is 0 Å². The second-order valence-electron chi connectivity index (χ2n) is 25.2. The molecule has 5 heteroatoms. The van der Waals surface area contributed by atoms with E-state index in [2.05, 4.69) is 31.4 Å². The van der Waals surface area contributed by atoms with Crippen molar-refractivity contribution in [3.05, 3.63) is 29.3 Å². The Morgan fingerprint density at radius 2 is 0.494 bits per heavy atom. The third-order valence-corrected chi connectivity index (χ3v) is 17.4. The molecular formula is C74H140N2O3. The number of hydrogen-bond donors (Lipinski definition) is 2. The lowest BCUT2D eigenvalue weighted by Gasteiger charge is -2.14. The highest BCUT2D eigenvalue weighted by Crippen LogP contribution is 2.23. The van der Waals surface area contributed by atoms with Crippen molar-refractivity contribution in [1.29, 1.82) is 0 Å². The Morgan fingerprint density at radius 1 is 0.278 bits per heavy atom. The molecule has 0 aliphatic carbocycles. The lowest BCUT2D eigenvalue weighted by atomic mass is 10.0. The van der Waals surface area contributed by atoms with E-state index in [1.165, 1.54) is 347 Å². The molecule has 0 radical (unpaired) electrons. The van der Waals surface area contributed by atoms with Gasteiger partial charge in [-0.3, -0.25) is 9.59 Å². The molecule has 0 saturated carbocycles. The van der Waals surface area contributed by atoms with Gasteiger partial charge in [0.15, 0.2) is 0 Å². The van der Waals surface area contributed by atoms with Gasteiger partial charge in [0.1, 0.15) is 5.75 Å². The molecule has 0 aliphatic rings. The molecule has 464 valence electrons. The monoisotopic (exact) mass is 1110 g/mol. The van der Waals surface area contributed by atoms with Crippen LogP contribution >= 0.6 is 0 Å². The Kier molecular flexibility index (Phi) is 60.3. The number of carbonyl (C=O) groups is 2. The van der Waals surface area contributed by atoms with E-state index in [1.54, 1.807) is 18.2 Å². The molecule has 0 unspecified atom stereocenters. The van der Waals surface area contributed by atoms with Crippen LogP contribution in [0.4, 0.5) is 0 Å². The Hall–Kier alpha value is -2.04. The number of benzene rings is 1. The molecule has 0 saturated heterocycles. The number of rotatable bonds is 66. The molecule has 1 aromatic carbocycles. The zero-order chi connectivity index (χ0) is 56.7. The first kappa shape index (κ1) is 75.0. The number of hydrogen-bond acceptors (Lipinski definition) is 3. The van der Waals surface area contributed by atoms with Gasteiger partial charge in [-0.25, -0.2) is 0 Å². The molecule has 2 amide bonds. The first-order valence-corrected chi connectivity index (χ1v) is 36.5. The predicted molar refractivity (Wildman–Crippen MR) is 351 cm³/mol. The minimum Gasteiger partial charge on any atom is -0.493 e. The fourth-order valence-electron chi connectivity index (χ4n) is 11.9. The summed E-state index contributed by atoms with van der Waals surface area (Å²) in [6, 6.07) is 5.39. The van der Waals surface area contributed by atoms with E-state index in [0.717, 1.165) is 38.5 Å². The number of unbranched alkanes of at least 4 members (excludes halogenated alkanes) is 57. The van der Waals surface area contributed by atoms with Crippen LogP contribution in [-0.4, -0.2) is 31.5 Å². The van der Waals surface area contributed by atoms with Crippen LogP contribution in [0, 0.1) is 0 Å². The second kappa shape index (κ2) is 63.5. The topological polar surface area (TPSA) is 67.4 Å². The van der Waals surface area contributed by atoms with Gasteiger partial charge in [-0.1, -0.05) is 387 Å². The van der Waals surface area contributed by atoms with Gasteiger partial charge in [0.2, 0.25) is 0 Å². The highest BCUT2D eigenvalue weighted by molar-refractivity contribution is 6.00. The van der Waals surface area contributed by atoms with Crippen LogP contribution in [0.15, 0.2) is 18.2 Å². The molecule has 0 heterocycles. The number of amides is 2. The lowest BCUT2D eigenvalue weighted by molar-refractivity contribution is 0.0937. The van der Waals surface area contributed by atoms with Gasteiger partial charge in [-0.15, -0.1) is 0 Å². The van der Waals surface area contributed by atoms with E-state index in [-0.39, 0.29) is 11.8 Å². The second-order valence-corrected chi connectivity index (χ2v) is 25.2. The molecule has 0 fully saturated rings. The average Bonchev–Trinajstić information content (AvgIpc) is 3.47. The van der Waals surface area contributed by atoms with Crippen molar-refractivity contribution < 1.29 is 14.3 Å². The normalized spacial score (nSPS) is 11.5. The fourth-order valence-corrected chi connectivity index (χ4v) is 11.9. The van der Waals surface area contributed by atoms with E-state index in [1.807, 2.05) is 0 Å². The summed E-state index contributed by atoms with van der Waals surface area (Å²) in [5, 5.41) is 6.30. The standard InChI is InChI=1S/C74H140N2O3/c1-4-7-10-13-16-18-20-22-24-26-28-30-32-34-36-38-40-42-44-46-48-50-52-54-56-58-61-66-75-73(77)70-64-65-71(72(69-70)79-68-63-60-15-12-9-6-3)74(78)76-67-62-59-57-55-53-51-49-47-45-43-41-39-37-35-33-31-29-27-25-23-21-19-17-14-11-8-5-2/h64-65,69H,4-63,66-68H2,1-3H3,(H,75,77)(H,76,78). The average molecular weight is 1110 g/mol. The van der Waals surface area contributed by atoms with Crippen molar-refractivity contribution >= 4 is 11.8 Å². The van der Waals surface area contributed by atoms with Crippen molar-refractivity contribution in [2.45, 2.75) is 406 Å². The van der Waals surface area contributed by atoms with E-state index < -0.39 is 0 Å². The van der Waals surface area contributed by atoms with Crippen molar-refractivity contribution in [2.75, 3.05) is 19.7 Å². The quantitative estimate of drug-likeness (QED) is 0.0639. The number of ether oxygens (including phenoxy) is 1. The molecule has 1 aromatic rings. The van der Waals surface area contributed by atoms with Gasteiger partial charge in [-0.05, 0) is 37.5 Å². The van der Waals surface area contributed by atoms with Crippen LogP contribution < -0.4 is 15.4 Å². The van der Waals surface area contributed by atoms with Crippen LogP contribution in [0.3, 0.4) is 0 Å². The smallest absolute Gasteiger partial charge is 0.255 e. The predicted octanol–water partition coefficient (Wildman–Crippen LogP) is 25.0. The van der Waals surface area contributed by atoms with Crippen molar-refractivity contribution in [3.63, 3.8) is 0 Å². The molecule has 0 aliphatic heterocycles. The minimum absolute atomic E-state index is 0.0769. The Balaban J connectivity index is 2.08. The van der Waals surface area contributed by atoms with Gasteiger partial charge < -0.3 is 15.4 Å². The molecule has 1 rings (SSSR count). The first-order valence-electron chi connectivity index (χ1n) is 36.5. The molecule has 79 heavy (non-hydrogen) atoms. The van der Waals surface area contributed by atoms with Crippen LogP contribution in [0.5, 0.6) is 5.75 Å². The first-order chi connectivity index (χ1) is 39.1. The molecule has 2 N–H and O–H groups in total. The third kappa shape index (κ3) is 53.7. The highest BCUT2D eigenvalue weighted by Gasteiger charge is 2.16. The Morgan fingerprint density at radius 3 is 0.747 bits per heavy atom. The van der Waals surface area contributed by atoms with Gasteiger partial charge in [0.05, 0.1) is 12.2 Å². The maximum Gasteiger partial charge on any atom is 0.255 e. The van der Waals surface area contributed by atoms with Crippen LogP contribution in [0.25, 0.3) is 0 Å². The largest absolute Gasteiger partial charge is 0.493 e. The third-order valence-electron chi connectivity index (χ3n) is 17.4. The molecule has 0 atom stereocenters. The maximum atomic E-state index is 13.4. The maximum absolute atomic E-state index is 13.4.